The molecule has 1 aromatic carbocycles. The van der Waals surface area contributed by atoms with Crippen molar-refractivity contribution in [3.63, 3.8) is 0 Å². The van der Waals surface area contributed by atoms with Crippen LogP contribution in [0.2, 0.25) is 0 Å². The van der Waals surface area contributed by atoms with Crippen molar-refractivity contribution in [3.05, 3.63) is 23.8 Å². The molecule has 0 aliphatic heterocycles. The first-order chi connectivity index (χ1) is 10.0. The Hall–Kier alpha value is -1.89. The average Bonchev–Trinajstić information content (AvgIpc) is 3.26. The second kappa shape index (κ2) is 6.71. The smallest absolute Gasteiger partial charge is 0.319 e. The fourth-order valence-electron chi connectivity index (χ4n) is 2.17. The minimum Gasteiger partial charge on any atom is -0.494 e. The van der Waals surface area contributed by atoms with Crippen LogP contribution in [0.4, 0.5) is 19.3 Å². The Morgan fingerprint density at radius 3 is 2.71 bits per heavy atom. The lowest BCUT2D eigenvalue weighted by molar-refractivity contribution is 0.234. The first kappa shape index (κ1) is 15.5. The Labute approximate surface area is 121 Å². The number of rotatable bonds is 6. The number of urea groups is 1. The van der Waals surface area contributed by atoms with Gasteiger partial charge in [0.05, 0.1) is 12.8 Å². The molecule has 0 spiro atoms. The van der Waals surface area contributed by atoms with Gasteiger partial charge in [-0.2, -0.15) is 0 Å². The molecule has 0 aromatic heterocycles. The molecular weight excluding hydrogens is 282 g/mol. The van der Waals surface area contributed by atoms with Crippen molar-refractivity contribution in [2.75, 3.05) is 19.0 Å². The predicted molar refractivity (Wildman–Crippen MR) is 73.3 cm³/mol. The molecule has 2 amide bonds. The van der Waals surface area contributed by atoms with E-state index in [4.69, 9.17) is 5.11 Å². The number of carbonyl (C=O) groups is 1. The van der Waals surface area contributed by atoms with Crippen LogP contribution < -0.4 is 15.4 Å². The fourth-order valence-corrected chi connectivity index (χ4v) is 2.17. The van der Waals surface area contributed by atoms with Crippen LogP contribution in [0.5, 0.6) is 5.75 Å². The predicted octanol–water partition coefficient (Wildman–Crippen LogP) is 2.26. The molecule has 2 rings (SSSR count). The van der Waals surface area contributed by atoms with Gasteiger partial charge >= 0.3 is 6.03 Å². The van der Waals surface area contributed by atoms with Gasteiger partial charge in [0.2, 0.25) is 0 Å². The third kappa shape index (κ3) is 4.04. The maximum atomic E-state index is 13.7. The van der Waals surface area contributed by atoms with Crippen LogP contribution in [0.15, 0.2) is 12.1 Å². The molecular formula is C14H18F2N2O3. The Balaban J connectivity index is 2.00. The van der Waals surface area contributed by atoms with Crippen molar-refractivity contribution < 1.29 is 23.4 Å². The third-order valence-corrected chi connectivity index (χ3v) is 3.44. The summed E-state index contributed by atoms with van der Waals surface area (Å²) in [6, 6.07) is 0.966. The zero-order valence-corrected chi connectivity index (χ0v) is 11.7. The van der Waals surface area contributed by atoms with Gasteiger partial charge in [-0.3, -0.25) is 0 Å². The third-order valence-electron chi connectivity index (χ3n) is 3.44. The summed E-state index contributed by atoms with van der Waals surface area (Å²) in [4.78, 5) is 11.8. The molecule has 1 saturated carbocycles. The molecule has 1 aliphatic rings. The number of halogens is 2. The summed E-state index contributed by atoms with van der Waals surface area (Å²) in [6.07, 6.45) is 2.44. The van der Waals surface area contributed by atoms with Gasteiger partial charge in [-0.1, -0.05) is 0 Å². The Kier molecular flexibility index (Phi) is 4.95. The molecule has 1 fully saturated rings. The van der Waals surface area contributed by atoms with Crippen molar-refractivity contribution >= 4 is 11.7 Å². The molecule has 0 unspecified atom stereocenters. The summed E-state index contributed by atoms with van der Waals surface area (Å²) in [7, 11) is 1.23. The summed E-state index contributed by atoms with van der Waals surface area (Å²) in [5, 5.41) is 13.9. The quantitative estimate of drug-likeness (QED) is 0.754. The van der Waals surface area contributed by atoms with Crippen molar-refractivity contribution in [2.24, 2.45) is 5.92 Å². The standard InChI is InChI=1S/C14H18F2N2O3/c1-21-13-7-9(15)12(6-10(13)16)18-14(20)17-11(4-5-19)8-2-3-8/h6-8,11,19H,2-5H2,1H3,(H2,17,18,20)/t11-/m0/s1. The van der Waals surface area contributed by atoms with Crippen LogP contribution in [0.1, 0.15) is 19.3 Å². The van der Waals surface area contributed by atoms with E-state index < -0.39 is 17.7 Å². The van der Waals surface area contributed by atoms with Gasteiger partial charge in [0.1, 0.15) is 0 Å². The summed E-state index contributed by atoms with van der Waals surface area (Å²) in [5.41, 5.74) is -0.260. The molecule has 5 nitrogen and oxygen atoms in total. The van der Waals surface area contributed by atoms with Gasteiger partial charge in [0.25, 0.3) is 0 Å². The maximum Gasteiger partial charge on any atom is 0.319 e. The number of hydrogen-bond acceptors (Lipinski definition) is 3. The van der Waals surface area contributed by atoms with Crippen molar-refractivity contribution in [2.45, 2.75) is 25.3 Å². The zero-order valence-electron chi connectivity index (χ0n) is 11.7. The SMILES string of the molecule is COc1cc(F)c(NC(=O)N[C@@H](CCO)C2CC2)cc1F. The van der Waals surface area contributed by atoms with Gasteiger partial charge in [-0.25, -0.2) is 13.6 Å². The lowest BCUT2D eigenvalue weighted by Crippen LogP contribution is -2.40. The minimum atomic E-state index is -0.784. The Morgan fingerprint density at radius 2 is 2.14 bits per heavy atom. The highest BCUT2D eigenvalue weighted by Gasteiger charge is 2.31. The first-order valence-corrected chi connectivity index (χ1v) is 6.76. The number of nitrogens with one attached hydrogen (secondary N) is 2. The minimum absolute atomic E-state index is 0.0348. The summed E-state index contributed by atoms with van der Waals surface area (Å²) in [5.74, 6) is -1.42. The van der Waals surface area contributed by atoms with Crippen LogP contribution in [-0.4, -0.2) is 30.9 Å². The second-order valence-corrected chi connectivity index (χ2v) is 5.02. The number of aliphatic hydroxyl groups is 1. The highest BCUT2D eigenvalue weighted by atomic mass is 19.1. The van der Waals surface area contributed by atoms with Crippen LogP contribution in [0.3, 0.4) is 0 Å². The number of hydrogen-bond donors (Lipinski definition) is 3. The van der Waals surface area contributed by atoms with Gasteiger partial charge in [0, 0.05) is 24.8 Å². The van der Waals surface area contributed by atoms with Crippen LogP contribution >= 0.6 is 0 Å². The van der Waals surface area contributed by atoms with Gasteiger partial charge < -0.3 is 20.5 Å². The highest BCUT2D eigenvalue weighted by Crippen LogP contribution is 2.34. The van der Waals surface area contributed by atoms with Crippen LogP contribution in [-0.2, 0) is 0 Å². The average molecular weight is 300 g/mol. The lowest BCUT2D eigenvalue weighted by Gasteiger charge is -2.18. The number of amides is 2. The largest absolute Gasteiger partial charge is 0.494 e. The fraction of sp³-hybridized carbons (Fsp3) is 0.500. The summed E-state index contributed by atoms with van der Waals surface area (Å²) < 4.78 is 31.9. The van der Waals surface area contributed by atoms with E-state index in [2.05, 4.69) is 15.4 Å². The van der Waals surface area contributed by atoms with E-state index in [1.165, 1.54) is 7.11 Å². The van der Waals surface area contributed by atoms with E-state index in [0.29, 0.717) is 12.3 Å². The maximum absolute atomic E-state index is 13.7. The van der Waals surface area contributed by atoms with E-state index in [1.54, 1.807) is 0 Å². The number of aliphatic hydroxyl groups excluding tert-OH is 1. The van der Waals surface area contributed by atoms with E-state index in [-0.39, 0.29) is 24.1 Å². The molecule has 0 radical (unpaired) electrons. The molecule has 1 atom stereocenters. The van der Waals surface area contributed by atoms with Crippen LogP contribution in [0, 0.1) is 17.6 Å². The molecule has 1 aromatic rings. The van der Waals surface area contributed by atoms with Gasteiger partial charge in [0.15, 0.2) is 17.4 Å². The second-order valence-electron chi connectivity index (χ2n) is 5.02. The number of methoxy groups -OCH3 is 1. The Bertz CT molecular complexity index is 521. The van der Waals surface area contributed by atoms with Gasteiger partial charge in [-0.15, -0.1) is 0 Å². The molecule has 3 N–H and O–H groups in total. The monoisotopic (exact) mass is 300 g/mol. The molecule has 7 heteroatoms. The molecule has 0 heterocycles. The number of anilines is 1. The van der Waals surface area contributed by atoms with Crippen LogP contribution in [0.25, 0.3) is 0 Å². The van der Waals surface area contributed by atoms with E-state index in [1.807, 2.05) is 0 Å². The van der Waals surface area contributed by atoms with Gasteiger partial charge in [-0.05, 0) is 25.2 Å². The number of ether oxygens (including phenoxy) is 1. The zero-order chi connectivity index (χ0) is 15.4. The van der Waals surface area contributed by atoms with Crippen molar-refractivity contribution in [1.82, 2.24) is 5.32 Å². The number of benzene rings is 1. The summed E-state index contributed by atoms with van der Waals surface area (Å²) in [6.45, 7) is -0.0348. The molecule has 0 bridgehead atoms. The van der Waals surface area contributed by atoms with Crippen molar-refractivity contribution in [1.29, 1.82) is 0 Å². The topological polar surface area (TPSA) is 70.6 Å². The van der Waals surface area contributed by atoms with E-state index in [9.17, 15) is 13.6 Å². The highest BCUT2D eigenvalue weighted by molar-refractivity contribution is 5.89. The molecule has 1 aliphatic carbocycles. The molecule has 21 heavy (non-hydrogen) atoms. The Morgan fingerprint density at radius 1 is 1.43 bits per heavy atom. The normalized spacial score (nSPS) is 15.4. The van der Waals surface area contributed by atoms with E-state index >= 15 is 0 Å². The lowest BCUT2D eigenvalue weighted by atomic mass is 10.1. The summed E-state index contributed by atoms with van der Waals surface area (Å²) >= 11 is 0. The molecule has 116 valence electrons. The van der Waals surface area contributed by atoms with E-state index in [0.717, 1.165) is 25.0 Å². The molecule has 0 saturated heterocycles. The van der Waals surface area contributed by atoms with Crippen molar-refractivity contribution in [3.8, 4) is 5.75 Å². The first-order valence-electron chi connectivity index (χ1n) is 6.76. The number of carbonyl (C=O) groups excluding carboxylic acids is 1.